The maximum atomic E-state index is 13.5. The Kier molecular flexibility index (Phi) is 6.56. The Morgan fingerprint density at radius 1 is 0.821 bits per heavy atom. The van der Waals surface area contributed by atoms with E-state index in [0.29, 0.717) is 16.0 Å². The van der Waals surface area contributed by atoms with E-state index in [4.69, 9.17) is 4.74 Å². The van der Waals surface area contributed by atoms with Gasteiger partial charge in [-0.25, -0.2) is 9.69 Å². The van der Waals surface area contributed by atoms with E-state index >= 15 is 0 Å². The van der Waals surface area contributed by atoms with E-state index in [9.17, 15) is 29.3 Å². The van der Waals surface area contributed by atoms with E-state index in [0.717, 1.165) is 11.6 Å². The second-order valence-corrected chi connectivity index (χ2v) is 8.85. The van der Waals surface area contributed by atoms with Crippen LogP contribution in [0.4, 0.5) is 11.4 Å². The van der Waals surface area contributed by atoms with Gasteiger partial charge in [0, 0.05) is 17.2 Å². The number of fused-ring (bicyclic) bond motifs is 1. The van der Waals surface area contributed by atoms with Crippen LogP contribution >= 0.6 is 0 Å². The summed E-state index contributed by atoms with van der Waals surface area (Å²) in [6.45, 7) is 1.88. The summed E-state index contributed by atoms with van der Waals surface area (Å²) < 4.78 is 5.73. The SMILES string of the molecule is Cc1ccc(C(=O)[C@@H](OC(=O)c2ccccc2N2C(=O)c3cccc([N+](=O)[O-])c3C2=O)c2ccccc2)cc1. The Morgan fingerprint density at radius 2 is 1.49 bits per heavy atom. The third-order valence-electron chi connectivity index (χ3n) is 6.36. The molecule has 1 atom stereocenters. The molecular weight excluding hydrogens is 500 g/mol. The molecule has 4 aromatic carbocycles. The zero-order valence-electron chi connectivity index (χ0n) is 20.6. The molecule has 192 valence electrons. The molecule has 9 heteroatoms. The molecule has 2 amide bonds. The van der Waals surface area contributed by atoms with Crippen LogP contribution in [0, 0.1) is 17.0 Å². The van der Waals surface area contributed by atoms with Gasteiger partial charge in [-0.1, -0.05) is 78.4 Å². The van der Waals surface area contributed by atoms with E-state index in [2.05, 4.69) is 0 Å². The lowest BCUT2D eigenvalue weighted by atomic mass is 9.99. The Hall–Kier alpha value is -5.44. The molecule has 0 aliphatic carbocycles. The number of aryl methyl sites for hydroxylation is 1. The first-order valence-corrected chi connectivity index (χ1v) is 11.9. The molecular formula is C30H20N2O7. The third kappa shape index (κ3) is 4.57. The Balaban J connectivity index is 1.52. The molecule has 0 bridgehead atoms. The van der Waals surface area contributed by atoms with Crippen LogP contribution in [0.3, 0.4) is 0 Å². The predicted octanol–water partition coefficient (Wildman–Crippen LogP) is 5.48. The average molecular weight is 520 g/mol. The molecule has 0 saturated carbocycles. The van der Waals surface area contributed by atoms with Gasteiger partial charge >= 0.3 is 5.97 Å². The molecule has 9 nitrogen and oxygen atoms in total. The molecule has 0 N–H and O–H groups in total. The number of rotatable bonds is 7. The predicted molar refractivity (Wildman–Crippen MR) is 141 cm³/mol. The van der Waals surface area contributed by atoms with Crippen LogP contribution in [0.15, 0.2) is 97.1 Å². The van der Waals surface area contributed by atoms with Crippen molar-refractivity contribution in [2.75, 3.05) is 4.90 Å². The number of nitro benzene ring substituents is 1. The van der Waals surface area contributed by atoms with Crippen LogP contribution in [0.25, 0.3) is 0 Å². The van der Waals surface area contributed by atoms with E-state index < -0.39 is 40.3 Å². The number of Topliss-reactive ketones (excluding diaryl/α,β-unsaturated/α-hetero) is 1. The molecule has 5 rings (SSSR count). The summed E-state index contributed by atoms with van der Waals surface area (Å²) in [4.78, 5) is 64.9. The minimum Gasteiger partial charge on any atom is -0.445 e. The number of anilines is 1. The van der Waals surface area contributed by atoms with Crippen LogP contribution in [0.2, 0.25) is 0 Å². The van der Waals surface area contributed by atoms with Gasteiger partial charge in [-0.2, -0.15) is 0 Å². The van der Waals surface area contributed by atoms with Gasteiger partial charge in [-0.05, 0) is 25.1 Å². The zero-order valence-corrected chi connectivity index (χ0v) is 20.6. The van der Waals surface area contributed by atoms with Crippen molar-refractivity contribution in [2.24, 2.45) is 0 Å². The average Bonchev–Trinajstić information content (AvgIpc) is 3.21. The molecule has 0 saturated heterocycles. The second kappa shape index (κ2) is 10.1. The maximum Gasteiger partial charge on any atom is 0.341 e. The number of hydrogen-bond donors (Lipinski definition) is 0. The Morgan fingerprint density at radius 3 is 2.18 bits per heavy atom. The number of para-hydroxylation sites is 1. The smallest absolute Gasteiger partial charge is 0.341 e. The van der Waals surface area contributed by atoms with Crippen molar-refractivity contribution in [2.45, 2.75) is 13.0 Å². The molecule has 1 aliphatic rings. The van der Waals surface area contributed by atoms with Gasteiger partial charge in [0.1, 0.15) is 5.56 Å². The molecule has 0 radical (unpaired) electrons. The fourth-order valence-corrected chi connectivity index (χ4v) is 4.42. The highest BCUT2D eigenvalue weighted by Gasteiger charge is 2.43. The highest BCUT2D eigenvalue weighted by molar-refractivity contribution is 6.36. The van der Waals surface area contributed by atoms with Crippen molar-refractivity contribution in [1.29, 1.82) is 0 Å². The van der Waals surface area contributed by atoms with Gasteiger partial charge < -0.3 is 4.74 Å². The highest BCUT2D eigenvalue weighted by atomic mass is 16.6. The fraction of sp³-hybridized carbons (Fsp3) is 0.0667. The van der Waals surface area contributed by atoms with Crippen LogP contribution < -0.4 is 4.90 Å². The number of ketones is 1. The lowest BCUT2D eigenvalue weighted by Crippen LogP contribution is -2.31. The van der Waals surface area contributed by atoms with Crippen molar-refractivity contribution < 1.29 is 28.8 Å². The van der Waals surface area contributed by atoms with E-state index in [1.165, 1.54) is 36.4 Å². The minimum absolute atomic E-state index is 0.113. The normalized spacial score (nSPS) is 13.1. The number of carbonyl (C=O) groups is 4. The first-order chi connectivity index (χ1) is 18.8. The first-order valence-electron chi connectivity index (χ1n) is 11.9. The molecule has 0 fully saturated rings. The molecule has 1 aliphatic heterocycles. The van der Waals surface area contributed by atoms with Gasteiger partial charge in [0.25, 0.3) is 17.5 Å². The number of benzene rings is 4. The lowest BCUT2D eigenvalue weighted by molar-refractivity contribution is -0.385. The molecule has 1 heterocycles. The van der Waals surface area contributed by atoms with Gasteiger partial charge in [0.05, 0.1) is 21.7 Å². The molecule has 4 aromatic rings. The topological polar surface area (TPSA) is 124 Å². The summed E-state index contributed by atoms with van der Waals surface area (Å²) in [5.74, 6) is -3.15. The zero-order chi connectivity index (χ0) is 27.7. The van der Waals surface area contributed by atoms with Crippen LogP contribution in [-0.2, 0) is 4.74 Å². The number of esters is 1. The van der Waals surface area contributed by atoms with Crippen LogP contribution in [-0.4, -0.2) is 28.5 Å². The van der Waals surface area contributed by atoms with Crippen molar-refractivity contribution >= 4 is 34.9 Å². The molecule has 0 aromatic heterocycles. The summed E-state index contributed by atoms with van der Waals surface area (Å²) in [5, 5.41) is 11.5. The third-order valence-corrected chi connectivity index (χ3v) is 6.36. The molecule has 39 heavy (non-hydrogen) atoms. The van der Waals surface area contributed by atoms with Gasteiger partial charge in [0.2, 0.25) is 5.78 Å². The summed E-state index contributed by atoms with van der Waals surface area (Å²) in [5.41, 5.74) is 0.441. The van der Waals surface area contributed by atoms with Crippen LogP contribution in [0.5, 0.6) is 0 Å². The first kappa shape index (κ1) is 25.2. The summed E-state index contributed by atoms with van der Waals surface area (Å²) in [6.07, 6.45) is -1.31. The summed E-state index contributed by atoms with van der Waals surface area (Å²) in [6, 6.07) is 24.8. The summed E-state index contributed by atoms with van der Waals surface area (Å²) >= 11 is 0. The monoisotopic (exact) mass is 520 g/mol. The standard InChI is InChI=1S/C30H20N2O7/c1-18-14-16-19(17-15-18)26(33)27(20-8-3-2-4-9-20)39-30(36)21-10-5-6-12-23(21)31-28(34)22-11-7-13-24(32(37)38)25(22)29(31)35/h2-17,27H,1H3/t27-/m0/s1. The van der Waals surface area contributed by atoms with E-state index in [1.54, 1.807) is 54.6 Å². The Bertz CT molecular complexity index is 1650. The minimum atomic E-state index is -1.31. The summed E-state index contributed by atoms with van der Waals surface area (Å²) in [7, 11) is 0. The van der Waals surface area contributed by atoms with Crippen molar-refractivity contribution in [3.63, 3.8) is 0 Å². The van der Waals surface area contributed by atoms with E-state index in [-0.39, 0.29) is 22.4 Å². The molecule has 0 unspecified atom stereocenters. The van der Waals surface area contributed by atoms with Gasteiger partial charge in [-0.15, -0.1) is 0 Å². The number of nitro groups is 1. The molecule has 0 spiro atoms. The van der Waals surface area contributed by atoms with Crippen molar-refractivity contribution in [3.8, 4) is 0 Å². The number of imide groups is 1. The number of amides is 2. The fourth-order valence-electron chi connectivity index (χ4n) is 4.42. The Labute approximate surface area is 222 Å². The van der Waals surface area contributed by atoms with E-state index in [1.807, 2.05) is 6.92 Å². The quantitative estimate of drug-likeness (QED) is 0.104. The number of carbonyl (C=O) groups excluding carboxylic acids is 4. The van der Waals surface area contributed by atoms with Gasteiger partial charge in [-0.3, -0.25) is 24.5 Å². The maximum absolute atomic E-state index is 13.5. The second-order valence-electron chi connectivity index (χ2n) is 8.85. The van der Waals surface area contributed by atoms with Gasteiger partial charge in [0.15, 0.2) is 6.10 Å². The number of ether oxygens (including phenoxy) is 1. The lowest BCUT2D eigenvalue weighted by Gasteiger charge is -2.21. The van der Waals surface area contributed by atoms with Crippen molar-refractivity contribution in [1.82, 2.24) is 0 Å². The largest absolute Gasteiger partial charge is 0.445 e. The number of nitrogens with zero attached hydrogens (tertiary/aromatic N) is 2. The number of hydrogen-bond acceptors (Lipinski definition) is 7. The van der Waals surface area contributed by atoms with Crippen LogP contribution in [0.1, 0.15) is 58.7 Å². The van der Waals surface area contributed by atoms with Crippen molar-refractivity contribution in [3.05, 3.63) is 141 Å². The highest BCUT2D eigenvalue weighted by Crippen LogP contribution is 2.36.